The van der Waals surface area contributed by atoms with Crippen LogP contribution in [0, 0.1) is 45.3 Å². The highest BCUT2D eigenvalue weighted by molar-refractivity contribution is 5.74. The van der Waals surface area contributed by atoms with E-state index in [0.717, 1.165) is 37.5 Å². The highest BCUT2D eigenvalue weighted by atomic mass is 16.6. The fourth-order valence-electron chi connectivity index (χ4n) is 10.5. The Balaban J connectivity index is 1.29. The van der Waals surface area contributed by atoms with Crippen molar-refractivity contribution >= 4 is 5.97 Å². The quantitative estimate of drug-likeness (QED) is 0.628. The smallest absolute Gasteiger partial charge is 0.334 e. The van der Waals surface area contributed by atoms with Crippen LogP contribution in [0.15, 0.2) is 0 Å². The van der Waals surface area contributed by atoms with Crippen LogP contribution in [0.1, 0.15) is 85.0 Å². The molecule has 0 amide bonds. The van der Waals surface area contributed by atoms with Gasteiger partial charge in [-0.1, -0.05) is 20.8 Å². The molecular formula is C26H40O4. The molecule has 5 saturated carbocycles. The van der Waals surface area contributed by atoms with Crippen LogP contribution >= 0.6 is 0 Å². The van der Waals surface area contributed by atoms with Gasteiger partial charge in [0.15, 0.2) is 6.10 Å². The average Bonchev–Trinajstić information content (AvgIpc) is 3.31. The summed E-state index contributed by atoms with van der Waals surface area (Å²) in [6.07, 6.45) is 11.9. The third-order valence-corrected chi connectivity index (χ3v) is 12.0. The summed E-state index contributed by atoms with van der Waals surface area (Å²) in [5, 5.41) is 10.8. The van der Waals surface area contributed by atoms with E-state index in [0.29, 0.717) is 28.1 Å². The maximum absolute atomic E-state index is 12.1. The number of hydrogen-bond donors (Lipinski definition) is 1. The monoisotopic (exact) mass is 416 g/mol. The largest absolute Gasteiger partial charge is 0.467 e. The van der Waals surface area contributed by atoms with Crippen LogP contribution < -0.4 is 0 Å². The fourth-order valence-corrected chi connectivity index (χ4v) is 10.5. The first-order valence-electron chi connectivity index (χ1n) is 12.6. The van der Waals surface area contributed by atoms with Crippen molar-refractivity contribution in [3.05, 3.63) is 0 Å². The number of esters is 1. The molecule has 4 nitrogen and oxygen atoms in total. The molecule has 2 spiro atoms. The molecule has 0 aromatic heterocycles. The van der Waals surface area contributed by atoms with E-state index in [1.807, 2.05) is 0 Å². The summed E-state index contributed by atoms with van der Waals surface area (Å²) < 4.78 is 11.4. The number of methoxy groups -OCH3 is 1. The molecular weight excluding hydrogens is 376 g/mol. The summed E-state index contributed by atoms with van der Waals surface area (Å²) >= 11 is 0. The van der Waals surface area contributed by atoms with Crippen LogP contribution in [0.2, 0.25) is 0 Å². The summed E-state index contributed by atoms with van der Waals surface area (Å²) in [5.74, 6) is 2.68. The maximum Gasteiger partial charge on any atom is 0.334 e. The van der Waals surface area contributed by atoms with Crippen LogP contribution in [0.3, 0.4) is 0 Å². The second kappa shape index (κ2) is 6.04. The van der Waals surface area contributed by atoms with Gasteiger partial charge in [0, 0.05) is 0 Å². The second-order valence-corrected chi connectivity index (χ2v) is 12.8. The number of fused-ring (bicyclic) bond motifs is 4. The van der Waals surface area contributed by atoms with Crippen molar-refractivity contribution in [3.63, 3.8) is 0 Å². The van der Waals surface area contributed by atoms with Crippen LogP contribution in [-0.4, -0.2) is 36.5 Å². The van der Waals surface area contributed by atoms with E-state index in [9.17, 15) is 9.90 Å². The Morgan fingerprint density at radius 3 is 2.47 bits per heavy atom. The molecule has 5 aliphatic carbocycles. The van der Waals surface area contributed by atoms with Crippen LogP contribution in [-0.2, 0) is 14.3 Å². The van der Waals surface area contributed by atoms with Crippen LogP contribution in [0.25, 0.3) is 0 Å². The minimum atomic E-state index is -0.349. The normalized spacial score (nSPS) is 57.8. The standard InChI is InChI=1S/C26H40O4/c1-23(2)20-8-6-15-17-13-19-16(5-7-18(30-19)22(28)29-4)24(17,3)11-12-25(15)14-26(20,25)10-9-21(23)27/h15-21,27H,5-14H2,1-4H3/t15?,16?,17?,18?,19?,20?,21-,24?,25-,26?/m0/s1. The maximum atomic E-state index is 12.1. The van der Waals surface area contributed by atoms with Gasteiger partial charge < -0.3 is 14.6 Å². The molecule has 4 heteroatoms. The Labute approximate surface area is 181 Å². The highest BCUT2D eigenvalue weighted by Crippen LogP contribution is 2.87. The van der Waals surface area contributed by atoms with Gasteiger partial charge in [0.2, 0.25) is 0 Å². The zero-order valence-corrected chi connectivity index (χ0v) is 19.3. The van der Waals surface area contributed by atoms with Gasteiger partial charge in [0.05, 0.1) is 19.3 Å². The van der Waals surface area contributed by atoms with E-state index >= 15 is 0 Å². The number of hydrogen-bond acceptors (Lipinski definition) is 4. The van der Waals surface area contributed by atoms with Crippen LogP contribution in [0.5, 0.6) is 0 Å². The lowest BCUT2D eigenvalue weighted by atomic mass is 9.46. The summed E-state index contributed by atoms with van der Waals surface area (Å²) in [6, 6.07) is 0. The van der Waals surface area contributed by atoms with E-state index in [-0.39, 0.29) is 29.7 Å². The lowest BCUT2D eigenvalue weighted by Crippen LogP contribution is -2.54. The predicted molar refractivity (Wildman–Crippen MR) is 114 cm³/mol. The molecule has 6 fully saturated rings. The van der Waals surface area contributed by atoms with Gasteiger partial charge in [-0.2, -0.15) is 0 Å². The molecule has 0 aromatic carbocycles. The number of rotatable bonds is 1. The Morgan fingerprint density at radius 2 is 1.70 bits per heavy atom. The third-order valence-electron chi connectivity index (χ3n) is 12.0. The number of aliphatic hydroxyl groups is 1. The topological polar surface area (TPSA) is 55.8 Å². The van der Waals surface area contributed by atoms with Gasteiger partial charge in [-0.25, -0.2) is 4.79 Å². The molecule has 1 aliphatic heterocycles. The minimum Gasteiger partial charge on any atom is -0.467 e. The summed E-state index contributed by atoms with van der Waals surface area (Å²) in [7, 11) is 1.48. The van der Waals surface area contributed by atoms with Gasteiger partial charge in [-0.05, 0) is 110 Å². The lowest BCUT2D eigenvalue weighted by Gasteiger charge is -2.59. The van der Waals surface area contributed by atoms with Crippen molar-refractivity contribution in [1.29, 1.82) is 0 Å². The number of ether oxygens (including phenoxy) is 2. The minimum absolute atomic E-state index is 0.0635. The molecule has 1 N–H and O–H groups in total. The van der Waals surface area contributed by atoms with Gasteiger partial charge in [0.1, 0.15) is 0 Å². The van der Waals surface area contributed by atoms with Crippen molar-refractivity contribution in [2.75, 3.05) is 7.11 Å². The Hall–Kier alpha value is -0.610. The molecule has 0 aromatic rings. The van der Waals surface area contributed by atoms with Crippen molar-refractivity contribution in [3.8, 4) is 0 Å². The average molecular weight is 417 g/mol. The highest BCUT2D eigenvalue weighted by Gasteiger charge is 2.80. The first-order chi connectivity index (χ1) is 14.2. The number of carbonyl (C=O) groups excluding carboxylic acids is 1. The molecule has 1 heterocycles. The molecule has 30 heavy (non-hydrogen) atoms. The molecule has 6 aliphatic rings. The Morgan fingerprint density at radius 1 is 0.933 bits per heavy atom. The van der Waals surface area contributed by atoms with Gasteiger partial charge in [0.25, 0.3) is 0 Å². The van der Waals surface area contributed by atoms with E-state index in [1.54, 1.807) is 0 Å². The van der Waals surface area contributed by atoms with Crippen molar-refractivity contribution in [2.24, 2.45) is 45.3 Å². The first-order valence-corrected chi connectivity index (χ1v) is 12.6. The molecule has 10 atom stereocenters. The van der Waals surface area contributed by atoms with E-state index in [2.05, 4.69) is 20.8 Å². The van der Waals surface area contributed by atoms with Gasteiger partial charge in [-0.15, -0.1) is 0 Å². The van der Waals surface area contributed by atoms with E-state index in [4.69, 9.17) is 9.47 Å². The molecule has 8 unspecified atom stereocenters. The zero-order chi connectivity index (χ0) is 21.1. The fraction of sp³-hybridized carbons (Fsp3) is 0.962. The van der Waals surface area contributed by atoms with Gasteiger partial charge in [-0.3, -0.25) is 0 Å². The molecule has 0 bridgehead atoms. The Bertz CT molecular complexity index is 762. The lowest BCUT2D eigenvalue weighted by molar-refractivity contribution is -0.168. The van der Waals surface area contributed by atoms with Gasteiger partial charge >= 0.3 is 5.97 Å². The molecule has 0 radical (unpaired) electrons. The van der Waals surface area contributed by atoms with E-state index < -0.39 is 0 Å². The molecule has 6 rings (SSSR count). The second-order valence-electron chi connectivity index (χ2n) is 12.8. The summed E-state index contributed by atoms with van der Waals surface area (Å²) in [4.78, 5) is 12.1. The molecule has 168 valence electrons. The number of carbonyl (C=O) groups is 1. The van der Waals surface area contributed by atoms with Crippen molar-refractivity contribution < 1.29 is 19.4 Å². The van der Waals surface area contributed by atoms with E-state index in [1.165, 1.54) is 45.6 Å². The third kappa shape index (κ3) is 2.19. The Kier molecular flexibility index (Phi) is 4.03. The van der Waals surface area contributed by atoms with Crippen molar-refractivity contribution in [2.45, 2.75) is 103 Å². The van der Waals surface area contributed by atoms with Crippen LogP contribution in [0.4, 0.5) is 0 Å². The van der Waals surface area contributed by atoms with Crippen molar-refractivity contribution in [1.82, 2.24) is 0 Å². The predicted octanol–water partition coefficient (Wildman–Crippen LogP) is 4.73. The first kappa shape index (κ1) is 20.0. The summed E-state index contributed by atoms with van der Waals surface area (Å²) in [6.45, 7) is 7.24. The number of aliphatic hydroxyl groups excluding tert-OH is 1. The summed E-state index contributed by atoms with van der Waals surface area (Å²) in [5.41, 5.74) is 1.48. The zero-order valence-electron chi connectivity index (χ0n) is 19.3. The molecule has 1 saturated heterocycles. The SMILES string of the molecule is COC(=O)C1CCC2C(CC3C4CCC5C(C)(C)[C@@H](O)CCC56C[C@@]46CCC23C)O1.